The second-order valence-electron chi connectivity index (χ2n) is 4.79. The average molecular weight is 223 g/mol. The van der Waals surface area contributed by atoms with E-state index in [1.54, 1.807) is 6.07 Å². The topological polar surface area (TPSA) is 12.0 Å². The lowest BCUT2D eigenvalue weighted by atomic mass is 9.86. The van der Waals surface area contributed by atoms with Gasteiger partial charge in [0.1, 0.15) is 5.82 Å². The highest BCUT2D eigenvalue weighted by Gasteiger charge is 2.19. The largest absolute Gasteiger partial charge is 0.316 e. The van der Waals surface area contributed by atoms with E-state index in [2.05, 4.69) is 26.1 Å². The first-order chi connectivity index (χ1) is 7.56. The van der Waals surface area contributed by atoms with E-state index in [1.165, 1.54) is 6.07 Å². The second-order valence-corrected chi connectivity index (χ2v) is 4.79. The molecule has 1 aromatic rings. The molecule has 2 unspecified atom stereocenters. The van der Waals surface area contributed by atoms with Crippen LogP contribution in [0.25, 0.3) is 0 Å². The Balaban J connectivity index is 2.74. The van der Waals surface area contributed by atoms with Crippen molar-refractivity contribution in [1.29, 1.82) is 0 Å². The monoisotopic (exact) mass is 223 g/mol. The van der Waals surface area contributed by atoms with Crippen LogP contribution in [-0.4, -0.2) is 13.1 Å². The molecule has 16 heavy (non-hydrogen) atoms. The lowest BCUT2D eigenvalue weighted by Crippen LogP contribution is -2.36. The molecule has 1 rings (SSSR count). The van der Waals surface area contributed by atoms with E-state index in [0.29, 0.717) is 17.9 Å². The summed E-state index contributed by atoms with van der Waals surface area (Å²) >= 11 is 0. The predicted octanol–water partition coefficient (Wildman–Crippen LogP) is 3.25. The summed E-state index contributed by atoms with van der Waals surface area (Å²) < 4.78 is 13.5. The lowest BCUT2D eigenvalue weighted by molar-refractivity contribution is 0.308. The van der Waals surface area contributed by atoms with Crippen molar-refractivity contribution in [1.82, 2.24) is 5.32 Å². The van der Waals surface area contributed by atoms with E-state index in [1.807, 2.05) is 19.2 Å². The van der Waals surface area contributed by atoms with Crippen LogP contribution in [0.4, 0.5) is 4.39 Å². The van der Waals surface area contributed by atoms with Crippen LogP contribution in [0, 0.1) is 17.7 Å². The molecule has 0 spiro atoms. The predicted molar refractivity (Wildman–Crippen MR) is 67.0 cm³/mol. The minimum atomic E-state index is -0.0984. The Morgan fingerprint density at radius 1 is 1.19 bits per heavy atom. The normalized spacial score (nSPS) is 15.1. The molecule has 0 fully saturated rings. The molecule has 1 N–H and O–H groups in total. The van der Waals surface area contributed by atoms with Crippen LogP contribution in [0.2, 0.25) is 0 Å². The van der Waals surface area contributed by atoms with Gasteiger partial charge in [0, 0.05) is 6.04 Å². The van der Waals surface area contributed by atoms with Crippen molar-refractivity contribution in [2.75, 3.05) is 7.05 Å². The molecule has 0 amide bonds. The van der Waals surface area contributed by atoms with Gasteiger partial charge >= 0.3 is 0 Å². The Kier molecular flexibility index (Phi) is 4.94. The average Bonchev–Trinajstić information content (AvgIpc) is 2.27. The molecule has 0 saturated carbocycles. The standard InChI is InChI=1S/C14H22FN/c1-10(2)11(3)14(16-4)9-12-7-5-6-8-13(12)15/h5-8,10-11,14,16H,9H2,1-4H3. The summed E-state index contributed by atoms with van der Waals surface area (Å²) in [5.74, 6) is 1.03. The maximum absolute atomic E-state index is 13.5. The number of hydrogen-bond donors (Lipinski definition) is 1. The molecule has 1 nitrogen and oxygen atoms in total. The Labute approximate surface area is 98.1 Å². The molecule has 2 heteroatoms. The van der Waals surface area contributed by atoms with E-state index in [-0.39, 0.29) is 5.82 Å². The van der Waals surface area contributed by atoms with Crippen molar-refractivity contribution in [2.24, 2.45) is 11.8 Å². The first kappa shape index (κ1) is 13.2. The third kappa shape index (κ3) is 3.31. The zero-order valence-electron chi connectivity index (χ0n) is 10.6. The molecule has 0 bridgehead atoms. The fourth-order valence-corrected chi connectivity index (χ4v) is 1.92. The minimum absolute atomic E-state index is 0.0984. The molecule has 0 aromatic heterocycles. The van der Waals surface area contributed by atoms with Crippen LogP contribution in [0.5, 0.6) is 0 Å². The van der Waals surface area contributed by atoms with Crippen LogP contribution in [0.1, 0.15) is 26.3 Å². The molecule has 1 aromatic carbocycles. The van der Waals surface area contributed by atoms with Crippen molar-refractivity contribution in [2.45, 2.75) is 33.2 Å². The van der Waals surface area contributed by atoms with Gasteiger partial charge in [-0.2, -0.15) is 0 Å². The molecule has 0 saturated heterocycles. The maximum Gasteiger partial charge on any atom is 0.126 e. The third-order valence-electron chi connectivity index (χ3n) is 3.45. The zero-order valence-corrected chi connectivity index (χ0v) is 10.6. The summed E-state index contributed by atoms with van der Waals surface area (Å²) in [4.78, 5) is 0. The van der Waals surface area contributed by atoms with E-state index in [0.717, 1.165) is 12.0 Å². The lowest BCUT2D eigenvalue weighted by Gasteiger charge is -2.26. The fourth-order valence-electron chi connectivity index (χ4n) is 1.92. The molecular weight excluding hydrogens is 201 g/mol. The molecule has 0 heterocycles. The van der Waals surface area contributed by atoms with E-state index < -0.39 is 0 Å². The Morgan fingerprint density at radius 3 is 2.31 bits per heavy atom. The van der Waals surface area contributed by atoms with Crippen LogP contribution in [0.3, 0.4) is 0 Å². The van der Waals surface area contributed by atoms with Crippen molar-refractivity contribution in [3.05, 3.63) is 35.6 Å². The number of likely N-dealkylation sites (N-methyl/N-ethyl adjacent to an activating group) is 1. The van der Waals surface area contributed by atoms with Crippen molar-refractivity contribution in [3.8, 4) is 0 Å². The summed E-state index contributed by atoms with van der Waals surface area (Å²) in [6.07, 6.45) is 0.752. The van der Waals surface area contributed by atoms with Gasteiger partial charge in [0.2, 0.25) is 0 Å². The van der Waals surface area contributed by atoms with E-state index in [4.69, 9.17) is 0 Å². The summed E-state index contributed by atoms with van der Waals surface area (Å²) in [6.45, 7) is 6.62. The molecule has 2 atom stereocenters. The SMILES string of the molecule is CNC(Cc1ccccc1F)C(C)C(C)C. The number of hydrogen-bond acceptors (Lipinski definition) is 1. The number of halogens is 1. The summed E-state index contributed by atoms with van der Waals surface area (Å²) in [6, 6.07) is 7.36. The van der Waals surface area contributed by atoms with Crippen LogP contribution < -0.4 is 5.32 Å². The summed E-state index contributed by atoms with van der Waals surface area (Å²) in [5, 5.41) is 3.29. The summed E-state index contributed by atoms with van der Waals surface area (Å²) in [7, 11) is 1.95. The fraction of sp³-hybridized carbons (Fsp3) is 0.571. The van der Waals surface area contributed by atoms with E-state index >= 15 is 0 Å². The molecule has 0 aliphatic rings. The number of benzene rings is 1. The highest BCUT2D eigenvalue weighted by Crippen LogP contribution is 2.19. The van der Waals surface area contributed by atoms with Gasteiger partial charge in [0.05, 0.1) is 0 Å². The quantitative estimate of drug-likeness (QED) is 0.808. The van der Waals surface area contributed by atoms with Crippen LogP contribution in [0.15, 0.2) is 24.3 Å². The molecule has 0 aliphatic heterocycles. The molecule has 0 aliphatic carbocycles. The van der Waals surface area contributed by atoms with Gasteiger partial charge in [-0.05, 0) is 36.9 Å². The third-order valence-corrected chi connectivity index (χ3v) is 3.45. The van der Waals surface area contributed by atoms with Crippen LogP contribution in [-0.2, 0) is 6.42 Å². The van der Waals surface area contributed by atoms with Gasteiger partial charge in [-0.25, -0.2) is 4.39 Å². The minimum Gasteiger partial charge on any atom is -0.316 e. The van der Waals surface area contributed by atoms with Gasteiger partial charge in [-0.1, -0.05) is 39.0 Å². The second kappa shape index (κ2) is 6.00. The number of rotatable bonds is 5. The highest BCUT2D eigenvalue weighted by atomic mass is 19.1. The summed E-state index contributed by atoms with van der Waals surface area (Å²) in [5.41, 5.74) is 0.800. The first-order valence-electron chi connectivity index (χ1n) is 5.97. The van der Waals surface area contributed by atoms with Gasteiger partial charge in [0.15, 0.2) is 0 Å². The maximum atomic E-state index is 13.5. The van der Waals surface area contributed by atoms with Crippen molar-refractivity contribution < 1.29 is 4.39 Å². The molecule has 0 radical (unpaired) electrons. The zero-order chi connectivity index (χ0) is 12.1. The van der Waals surface area contributed by atoms with Gasteiger partial charge in [0.25, 0.3) is 0 Å². The molecular formula is C14H22FN. The van der Waals surface area contributed by atoms with E-state index in [9.17, 15) is 4.39 Å². The van der Waals surface area contributed by atoms with Crippen LogP contribution >= 0.6 is 0 Å². The van der Waals surface area contributed by atoms with Gasteiger partial charge in [-0.3, -0.25) is 0 Å². The Hall–Kier alpha value is -0.890. The smallest absolute Gasteiger partial charge is 0.126 e. The van der Waals surface area contributed by atoms with Crippen molar-refractivity contribution >= 4 is 0 Å². The molecule has 90 valence electrons. The van der Waals surface area contributed by atoms with Crippen molar-refractivity contribution in [3.63, 3.8) is 0 Å². The number of nitrogens with one attached hydrogen (secondary N) is 1. The Bertz CT molecular complexity index is 322. The Morgan fingerprint density at radius 2 is 1.81 bits per heavy atom. The van der Waals surface area contributed by atoms with Gasteiger partial charge < -0.3 is 5.32 Å². The first-order valence-corrected chi connectivity index (χ1v) is 5.97. The van der Waals surface area contributed by atoms with Gasteiger partial charge in [-0.15, -0.1) is 0 Å². The highest BCUT2D eigenvalue weighted by molar-refractivity contribution is 5.18.